The van der Waals surface area contributed by atoms with Gasteiger partial charge >= 0.3 is 0 Å². The molecule has 9 nitrogen and oxygen atoms in total. The van der Waals surface area contributed by atoms with Gasteiger partial charge in [0.2, 0.25) is 0 Å². The second-order valence-corrected chi connectivity index (χ2v) is 11.3. The molecule has 1 aromatic heterocycles. The fourth-order valence-corrected chi connectivity index (χ4v) is 6.66. The molecule has 2 aromatic carbocycles. The van der Waals surface area contributed by atoms with Crippen molar-refractivity contribution in [3.63, 3.8) is 0 Å². The molecule has 0 radical (unpaired) electrons. The van der Waals surface area contributed by atoms with Gasteiger partial charge in [0.15, 0.2) is 0 Å². The zero-order chi connectivity index (χ0) is 29.9. The van der Waals surface area contributed by atoms with E-state index in [2.05, 4.69) is 86.4 Å². The number of H-pyrrole nitrogens is 1. The molecule has 0 bridgehead atoms. The molecule has 0 saturated carbocycles. The van der Waals surface area contributed by atoms with E-state index in [-0.39, 0.29) is 18.0 Å². The number of aromatic nitrogens is 3. The number of benzene rings is 2. The Labute approximate surface area is 248 Å². The first-order valence-corrected chi connectivity index (χ1v) is 14.6. The Morgan fingerprint density at radius 2 is 1.83 bits per heavy atom. The van der Waals surface area contributed by atoms with Crippen molar-refractivity contribution in [3.05, 3.63) is 101 Å². The third kappa shape index (κ3) is 5.30. The van der Waals surface area contributed by atoms with Crippen LogP contribution < -0.4 is 16.0 Å². The highest BCUT2D eigenvalue weighted by Gasteiger charge is 2.44. The maximum atomic E-state index is 12.6. The van der Waals surface area contributed by atoms with Crippen LogP contribution in [0.15, 0.2) is 61.6 Å². The highest BCUT2D eigenvalue weighted by Crippen LogP contribution is 2.47. The van der Waals surface area contributed by atoms with E-state index >= 15 is 0 Å². The molecule has 2 heterocycles. The van der Waals surface area contributed by atoms with E-state index in [0.717, 1.165) is 71.7 Å². The van der Waals surface area contributed by atoms with Crippen LogP contribution in [0, 0.1) is 11.3 Å². The number of amides is 1. The van der Waals surface area contributed by atoms with E-state index in [1.54, 1.807) is 13.4 Å². The van der Waals surface area contributed by atoms with Crippen LogP contribution in [-0.2, 0) is 18.3 Å². The van der Waals surface area contributed by atoms with Gasteiger partial charge in [-0.25, -0.2) is 0 Å². The Balaban J connectivity index is 1.59. The summed E-state index contributed by atoms with van der Waals surface area (Å²) >= 11 is 0. The number of likely N-dealkylation sites (tertiary alicyclic amines) is 1. The second kappa shape index (κ2) is 12.2. The van der Waals surface area contributed by atoms with Crippen molar-refractivity contribution < 1.29 is 4.79 Å². The van der Waals surface area contributed by atoms with Gasteiger partial charge in [-0.3, -0.25) is 4.79 Å². The maximum Gasteiger partial charge on any atom is 0.251 e. The fourth-order valence-electron chi connectivity index (χ4n) is 6.66. The van der Waals surface area contributed by atoms with Gasteiger partial charge in [-0.05, 0) is 85.0 Å². The largest absolute Gasteiger partial charge is 0.388 e. The van der Waals surface area contributed by atoms with Crippen molar-refractivity contribution in [2.45, 2.75) is 56.5 Å². The highest BCUT2D eigenvalue weighted by atomic mass is 16.1. The van der Waals surface area contributed by atoms with Crippen molar-refractivity contribution in [2.75, 3.05) is 27.2 Å². The molecule has 1 aliphatic carbocycles. The lowest BCUT2D eigenvalue weighted by Gasteiger charge is -2.37. The summed E-state index contributed by atoms with van der Waals surface area (Å²) in [6.07, 6.45) is 5.79. The number of aromatic amines is 1. The first-order chi connectivity index (χ1) is 20.3. The lowest BCUT2D eigenvalue weighted by atomic mass is 9.67. The lowest BCUT2D eigenvalue weighted by molar-refractivity contribution is 0.0963. The number of hydrogen-bond acceptors (Lipinski definition) is 7. The molecular formula is C33H40N8O. The highest BCUT2D eigenvalue weighted by molar-refractivity contribution is 5.94. The van der Waals surface area contributed by atoms with Crippen LogP contribution in [0.2, 0.25) is 0 Å². The Morgan fingerprint density at radius 1 is 1.14 bits per heavy atom. The molecule has 0 spiro atoms. The number of nitrogens with zero attached hydrogens (tertiary/aromatic N) is 4. The summed E-state index contributed by atoms with van der Waals surface area (Å²) in [5.74, 6) is 0.653. The van der Waals surface area contributed by atoms with Gasteiger partial charge in [-0.1, -0.05) is 31.4 Å². The SMILES string of the molecule is C=C(NC)c1ccc2c(c1)CCc1cc(C(=O)NC)ccc1C2(C[C@H](C)NCC(=C)N1CCCC1C#N)c1nnc[nH]1. The Morgan fingerprint density at radius 3 is 2.45 bits per heavy atom. The first-order valence-electron chi connectivity index (χ1n) is 14.6. The number of carbonyl (C=O) groups excluding carboxylic acids is 1. The van der Waals surface area contributed by atoms with E-state index in [1.165, 1.54) is 5.56 Å². The zero-order valence-electron chi connectivity index (χ0n) is 24.8. The average molecular weight is 565 g/mol. The summed E-state index contributed by atoms with van der Waals surface area (Å²) in [6, 6.07) is 14.9. The normalized spacial score (nSPS) is 20.0. The van der Waals surface area contributed by atoms with Gasteiger partial charge in [0.05, 0.1) is 11.5 Å². The summed E-state index contributed by atoms with van der Waals surface area (Å²) < 4.78 is 0. The predicted molar refractivity (Wildman–Crippen MR) is 165 cm³/mol. The van der Waals surface area contributed by atoms with Crippen molar-refractivity contribution in [2.24, 2.45) is 0 Å². The predicted octanol–water partition coefficient (Wildman–Crippen LogP) is 3.66. The van der Waals surface area contributed by atoms with Crippen LogP contribution in [0.4, 0.5) is 0 Å². The molecule has 3 atom stereocenters. The molecule has 2 unspecified atom stereocenters. The molecule has 2 aliphatic rings. The molecule has 1 fully saturated rings. The number of nitriles is 1. The van der Waals surface area contributed by atoms with Gasteiger partial charge in [-0.2, -0.15) is 5.26 Å². The number of fused-ring (bicyclic) bond motifs is 2. The van der Waals surface area contributed by atoms with E-state index in [1.807, 2.05) is 19.2 Å². The summed E-state index contributed by atoms with van der Waals surface area (Å²) in [5.41, 5.74) is 7.42. The van der Waals surface area contributed by atoms with Crippen LogP contribution in [0.25, 0.3) is 5.70 Å². The Hall–Kier alpha value is -4.42. The molecule has 1 amide bonds. The number of rotatable bonds is 10. The van der Waals surface area contributed by atoms with Crippen molar-refractivity contribution >= 4 is 11.6 Å². The van der Waals surface area contributed by atoms with Gasteiger partial charge < -0.3 is 25.8 Å². The van der Waals surface area contributed by atoms with E-state index in [9.17, 15) is 10.1 Å². The number of carbonyl (C=O) groups is 1. The summed E-state index contributed by atoms with van der Waals surface area (Å²) in [5, 5.41) is 28.0. The average Bonchev–Trinajstić information content (AvgIpc) is 3.71. The minimum absolute atomic E-state index is 0.0411. The molecule has 218 valence electrons. The van der Waals surface area contributed by atoms with Crippen LogP contribution in [0.5, 0.6) is 0 Å². The van der Waals surface area contributed by atoms with Crippen molar-refractivity contribution in [1.29, 1.82) is 5.26 Å². The molecule has 42 heavy (non-hydrogen) atoms. The summed E-state index contributed by atoms with van der Waals surface area (Å²) in [6.45, 7) is 12.1. The van der Waals surface area contributed by atoms with Gasteiger partial charge in [-0.15, -0.1) is 10.2 Å². The molecule has 4 N–H and O–H groups in total. The number of nitrogens with one attached hydrogen (secondary N) is 4. The number of hydrogen-bond donors (Lipinski definition) is 4. The minimum atomic E-state index is -0.658. The van der Waals surface area contributed by atoms with Crippen molar-refractivity contribution in [3.8, 4) is 6.07 Å². The van der Waals surface area contributed by atoms with E-state index in [0.29, 0.717) is 18.5 Å². The third-order valence-electron chi connectivity index (χ3n) is 8.83. The molecule has 1 aliphatic heterocycles. The van der Waals surface area contributed by atoms with Crippen LogP contribution >= 0.6 is 0 Å². The van der Waals surface area contributed by atoms with E-state index in [4.69, 9.17) is 0 Å². The zero-order valence-corrected chi connectivity index (χ0v) is 24.8. The van der Waals surface area contributed by atoms with Gasteiger partial charge in [0.25, 0.3) is 5.91 Å². The molecule has 3 aromatic rings. The van der Waals surface area contributed by atoms with E-state index < -0.39 is 5.41 Å². The lowest BCUT2D eigenvalue weighted by Crippen LogP contribution is -2.42. The Kier molecular flexibility index (Phi) is 8.46. The summed E-state index contributed by atoms with van der Waals surface area (Å²) in [7, 11) is 3.53. The smallest absolute Gasteiger partial charge is 0.251 e. The Bertz CT molecular complexity index is 1450. The fraction of sp³-hybridized carbons (Fsp3) is 0.394. The monoisotopic (exact) mass is 564 g/mol. The van der Waals surface area contributed by atoms with Crippen LogP contribution in [0.1, 0.15) is 70.2 Å². The van der Waals surface area contributed by atoms with Crippen molar-refractivity contribution in [1.82, 2.24) is 36.0 Å². The standard InChI is InChI=1S/C33H40N8O/c1-21(37-19-22(2)41-14-6-7-28(41)18-34)17-33(32-38-20-39-40-32)29-12-10-24(23(3)35-4)15-25(29)8-9-26-16-27(31(42)36-5)11-13-30(26)33/h10-13,15-16,20-21,28,35,37H,2-3,6-9,14,17,19H2,1,4-5H3,(H,36,42)(H,38,39,40)/t21-,28?,33?/m0/s1. The van der Waals surface area contributed by atoms with Crippen LogP contribution in [-0.4, -0.2) is 65.3 Å². The third-order valence-corrected chi connectivity index (χ3v) is 8.83. The minimum Gasteiger partial charge on any atom is -0.388 e. The van der Waals surface area contributed by atoms with Gasteiger partial charge in [0, 0.05) is 50.2 Å². The molecular weight excluding hydrogens is 524 g/mol. The maximum absolute atomic E-state index is 12.6. The van der Waals surface area contributed by atoms with Crippen LogP contribution in [0.3, 0.4) is 0 Å². The van der Waals surface area contributed by atoms with Gasteiger partial charge in [0.1, 0.15) is 18.2 Å². The topological polar surface area (TPSA) is 122 Å². The first kappa shape index (κ1) is 29.1. The second-order valence-electron chi connectivity index (χ2n) is 11.3. The quantitative estimate of drug-likeness (QED) is 0.297. The molecule has 5 rings (SSSR count). The molecule has 1 saturated heterocycles. The number of aryl methyl sites for hydroxylation is 2. The summed E-state index contributed by atoms with van der Waals surface area (Å²) in [4.78, 5) is 18.1. The molecule has 9 heteroatoms.